The lowest BCUT2D eigenvalue weighted by Gasteiger charge is -2.08. The molecule has 0 fully saturated rings. The third kappa shape index (κ3) is 3.47. The second-order valence-corrected chi connectivity index (χ2v) is 7.18. The molecule has 2 aromatic carbocycles. The van der Waals surface area contributed by atoms with Crippen LogP contribution < -0.4 is 0 Å². The van der Waals surface area contributed by atoms with E-state index in [2.05, 4.69) is 4.98 Å². The van der Waals surface area contributed by atoms with Gasteiger partial charge >= 0.3 is 0 Å². The molecule has 0 aliphatic carbocycles. The van der Waals surface area contributed by atoms with E-state index in [0.717, 1.165) is 18.4 Å². The molecule has 0 unspecified atom stereocenters. The Morgan fingerprint density at radius 1 is 1.12 bits per heavy atom. The van der Waals surface area contributed by atoms with Crippen LogP contribution in [0.25, 0.3) is 22.4 Å². The molecule has 25 heavy (non-hydrogen) atoms. The lowest BCUT2D eigenvalue weighted by atomic mass is 10.2. The first-order valence-electron chi connectivity index (χ1n) is 8.00. The first kappa shape index (κ1) is 17.3. The molecule has 0 spiro atoms. The summed E-state index contributed by atoms with van der Waals surface area (Å²) in [5.41, 5.74) is 2.02. The Kier molecular flexibility index (Phi) is 4.69. The van der Waals surface area contributed by atoms with E-state index in [1.807, 2.05) is 31.2 Å². The lowest BCUT2D eigenvalue weighted by molar-refractivity contribution is 0.0906. The third-order valence-electron chi connectivity index (χ3n) is 3.96. The molecular weight excluding hydrogens is 340 g/mol. The molecule has 1 heterocycles. The number of aromatic nitrogens is 2. The molecule has 7 heteroatoms. The quantitative estimate of drug-likeness (QED) is 0.701. The highest BCUT2D eigenvalue weighted by Crippen LogP contribution is 2.26. The number of fused-ring (bicyclic) bond motifs is 1. The summed E-state index contributed by atoms with van der Waals surface area (Å²) in [7, 11) is -4.26. The van der Waals surface area contributed by atoms with Gasteiger partial charge < -0.3 is 0 Å². The van der Waals surface area contributed by atoms with Gasteiger partial charge in [-0.05, 0) is 42.8 Å². The van der Waals surface area contributed by atoms with Crippen molar-refractivity contribution in [1.82, 2.24) is 9.55 Å². The zero-order valence-corrected chi connectivity index (χ0v) is 14.5. The fourth-order valence-corrected chi connectivity index (χ4v) is 3.17. The number of unbranched alkanes of at least 4 members (excludes halogenated alkanes) is 1. The Balaban J connectivity index is 2.13. The Bertz CT molecular complexity index is 1020. The maximum Gasteiger partial charge on any atom is 0.294 e. The number of para-hydroxylation sites is 2. The first-order valence-corrected chi connectivity index (χ1v) is 9.44. The van der Waals surface area contributed by atoms with Crippen LogP contribution in [-0.4, -0.2) is 28.4 Å². The Hall–Kier alpha value is -2.51. The van der Waals surface area contributed by atoms with Gasteiger partial charge in [0.25, 0.3) is 10.1 Å². The van der Waals surface area contributed by atoms with Gasteiger partial charge in [0.2, 0.25) is 5.91 Å². The number of carbonyl (C=O) groups is 1. The normalized spacial score (nSPS) is 11.8. The minimum Gasteiger partial charge on any atom is -0.282 e. The zero-order chi connectivity index (χ0) is 18.0. The Morgan fingerprint density at radius 2 is 1.80 bits per heavy atom. The van der Waals surface area contributed by atoms with Crippen LogP contribution in [0.5, 0.6) is 0 Å². The molecule has 1 N–H and O–H groups in total. The highest BCUT2D eigenvalue weighted by molar-refractivity contribution is 7.85. The number of nitrogens with zero attached hydrogens (tertiary/aromatic N) is 2. The fourth-order valence-electron chi connectivity index (χ4n) is 2.69. The van der Waals surface area contributed by atoms with Crippen LogP contribution >= 0.6 is 0 Å². The maximum absolute atomic E-state index is 12.7. The number of benzene rings is 2. The molecule has 0 amide bonds. The number of imidazole rings is 1. The monoisotopic (exact) mass is 358 g/mol. The van der Waals surface area contributed by atoms with E-state index in [0.29, 0.717) is 23.3 Å². The molecule has 0 aliphatic heterocycles. The molecule has 0 saturated carbocycles. The predicted octanol–water partition coefficient (Wildman–Crippen LogP) is 3.78. The highest BCUT2D eigenvalue weighted by atomic mass is 32.2. The van der Waals surface area contributed by atoms with E-state index < -0.39 is 10.1 Å². The summed E-state index contributed by atoms with van der Waals surface area (Å²) >= 11 is 0. The van der Waals surface area contributed by atoms with E-state index in [4.69, 9.17) is 4.55 Å². The number of hydrogen-bond acceptors (Lipinski definition) is 4. The summed E-state index contributed by atoms with van der Waals surface area (Å²) in [6, 6.07) is 13.0. The van der Waals surface area contributed by atoms with Crippen LogP contribution in [-0.2, 0) is 10.1 Å². The summed E-state index contributed by atoms with van der Waals surface area (Å²) < 4.78 is 33.1. The lowest BCUT2D eigenvalue weighted by Crippen LogP contribution is -2.12. The summed E-state index contributed by atoms with van der Waals surface area (Å²) in [5.74, 6) is 0.411. The molecule has 1 aromatic heterocycles. The van der Waals surface area contributed by atoms with Crippen LogP contribution in [0, 0.1) is 0 Å². The second-order valence-electron chi connectivity index (χ2n) is 5.76. The van der Waals surface area contributed by atoms with Crippen LogP contribution in [0.4, 0.5) is 0 Å². The summed E-state index contributed by atoms with van der Waals surface area (Å²) in [6.45, 7) is 2.02. The van der Waals surface area contributed by atoms with Crippen molar-refractivity contribution >= 4 is 27.1 Å². The van der Waals surface area contributed by atoms with Crippen molar-refractivity contribution in [2.45, 2.75) is 31.1 Å². The van der Waals surface area contributed by atoms with Gasteiger partial charge in [-0.15, -0.1) is 0 Å². The number of rotatable bonds is 5. The molecule has 0 aliphatic rings. The second kappa shape index (κ2) is 6.78. The molecule has 130 valence electrons. The van der Waals surface area contributed by atoms with Gasteiger partial charge in [0.15, 0.2) is 0 Å². The van der Waals surface area contributed by atoms with E-state index in [1.54, 1.807) is 4.57 Å². The van der Waals surface area contributed by atoms with Crippen molar-refractivity contribution < 1.29 is 17.8 Å². The third-order valence-corrected chi connectivity index (χ3v) is 4.83. The maximum atomic E-state index is 12.7. The molecule has 0 saturated heterocycles. The van der Waals surface area contributed by atoms with Crippen LogP contribution in [0.15, 0.2) is 53.4 Å². The molecule has 3 aromatic rings. The van der Waals surface area contributed by atoms with E-state index >= 15 is 0 Å². The topological polar surface area (TPSA) is 89.3 Å². The molecule has 0 bridgehead atoms. The Morgan fingerprint density at radius 3 is 2.44 bits per heavy atom. The van der Waals surface area contributed by atoms with E-state index in [-0.39, 0.29) is 10.8 Å². The zero-order valence-electron chi connectivity index (χ0n) is 13.7. The van der Waals surface area contributed by atoms with E-state index in [1.165, 1.54) is 24.3 Å². The van der Waals surface area contributed by atoms with Crippen molar-refractivity contribution in [2.75, 3.05) is 0 Å². The van der Waals surface area contributed by atoms with Crippen molar-refractivity contribution in [2.24, 2.45) is 0 Å². The summed E-state index contributed by atoms with van der Waals surface area (Å²) in [5, 5.41) is 0. The van der Waals surface area contributed by atoms with Crippen molar-refractivity contribution in [1.29, 1.82) is 0 Å². The summed E-state index contributed by atoms with van der Waals surface area (Å²) in [6.07, 6.45) is 2.11. The van der Waals surface area contributed by atoms with Crippen LogP contribution in [0.3, 0.4) is 0 Å². The van der Waals surface area contributed by atoms with Crippen LogP contribution in [0.1, 0.15) is 31.0 Å². The average Bonchev–Trinajstić information content (AvgIpc) is 2.98. The minimum absolute atomic E-state index is 0.0515. The van der Waals surface area contributed by atoms with Gasteiger partial charge in [-0.1, -0.05) is 25.5 Å². The highest BCUT2D eigenvalue weighted by Gasteiger charge is 2.18. The average molecular weight is 358 g/mol. The van der Waals surface area contributed by atoms with Crippen molar-refractivity contribution in [3.8, 4) is 11.4 Å². The Labute approximate surface area is 145 Å². The molecule has 3 rings (SSSR count). The molecule has 0 atom stereocenters. The largest absolute Gasteiger partial charge is 0.294 e. The fraction of sp³-hybridized carbons (Fsp3) is 0.222. The van der Waals surface area contributed by atoms with Crippen molar-refractivity contribution in [3.05, 3.63) is 48.5 Å². The van der Waals surface area contributed by atoms with Gasteiger partial charge in [-0.2, -0.15) is 8.42 Å². The van der Waals surface area contributed by atoms with Gasteiger partial charge in [-0.25, -0.2) is 4.98 Å². The number of hydrogen-bond donors (Lipinski definition) is 1. The summed E-state index contributed by atoms with van der Waals surface area (Å²) in [4.78, 5) is 17.0. The van der Waals surface area contributed by atoms with Crippen molar-refractivity contribution in [3.63, 3.8) is 0 Å². The standard InChI is InChI=1S/C18H18N2O4S/c1-2-3-8-17(21)20-16-7-5-4-6-15(16)19-18(20)13-9-11-14(12-10-13)25(22,23)24/h4-7,9-12H,2-3,8H2,1H3,(H,22,23,24). The van der Waals surface area contributed by atoms with Gasteiger partial charge in [0, 0.05) is 12.0 Å². The predicted molar refractivity (Wildman–Crippen MR) is 95.1 cm³/mol. The first-order chi connectivity index (χ1) is 11.9. The smallest absolute Gasteiger partial charge is 0.282 e. The minimum atomic E-state index is -4.26. The van der Waals surface area contributed by atoms with E-state index in [9.17, 15) is 13.2 Å². The molecule has 0 radical (unpaired) electrons. The SMILES string of the molecule is CCCCC(=O)n1c(-c2ccc(S(=O)(=O)O)cc2)nc2ccccc21. The molecular formula is C18H18N2O4S. The molecule has 6 nitrogen and oxygen atoms in total. The van der Waals surface area contributed by atoms with Gasteiger partial charge in [-0.3, -0.25) is 13.9 Å². The van der Waals surface area contributed by atoms with Gasteiger partial charge in [0.1, 0.15) is 5.82 Å². The van der Waals surface area contributed by atoms with Gasteiger partial charge in [0.05, 0.1) is 15.9 Å². The number of carbonyl (C=O) groups excluding carboxylic acids is 1. The van der Waals surface area contributed by atoms with Crippen LogP contribution in [0.2, 0.25) is 0 Å².